The van der Waals surface area contributed by atoms with E-state index >= 15 is 0 Å². The average Bonchev–Trinajstić information content (AvgIpc) is 2.95. The fraction of sp³-hybridized carbons (Fsp3) is 0.312. The van der Waals surface area contributed by atoms with Gasteiger partial charge in [0.25, 0.3) is 0 Å². The van der Waals surface area contributed by atoms with Gasteiger partial charge in [-0.2, -0.15) is 0 Å². The summed E-state index contributed by atoms with van der Waals surface area (Å²) < 4.78 is 10.6. The number of carbonyl (C=O) groups excluding carboxylic acids is 1. The highest BCUT2D eigenvalue weighted by Gasteiger charge is 2.28. The molecule has 0 saturated heterocycles. The fourth-order valence-electron chi connectivity index (χ4n) is 1.82. The van der Waals surface area contributed by atoms with Crippen LogP contribution in [0, 0.1) is 0 Å². The van der Waals surface area contributed by atoms with Gasteiger partial charge < -0.3 is 14.6 Å². The van der Waals surface area contributed by atoms with Gasteiger partial charge in [-0.3, -0.25) is 0 Å². The summed E-state index contributed by atoms with van der Waals surface area (Å²) in [5, 5.41) is 9.28. The number of carbonyl (C=O) groups is 2. The van der Waals surface area contributed by atoms with Gasteiger partial charge in [-0.15, -0.1) is 0 Å². The van der Waals surface area contributed by atoms with E-state index in [1.54, 1.807) is 45.0 Å². The number of ether oxygens (including phenoxy) is 2. The average molecular weight is 350 g/mol. The fourth-order valence-corrected chi connectivity index (χ4v) is 2.58. The van der Waals surface area contributed by atoms with Crippen molar-refractivity contribution in [2.75, 3.05) is 12.0 Å². The van der Waals surface area contributed by atoms with E-state index < -0.39 is 17.7 Å². The number of amides is 1. The summed E-state index contributed by atoms with van der Waals surface area (Å²) in [6.45, 7) is 5.25. The molecule has 0 fully saturated rings. The maximum Gasteiger partial charge on any atom is 0.421 e. The molecule has 24 heavy (non-hydrogen) atoms. The summed E-state index contributed by atoms with van der Waals surface area (Å²) >= 11 is 0.885. The quantitative estimate of drug-likeness (QED) is 0.899. The summed E-state index contributed by atoms with van der Waals surface area (Å²) in [7, 11) is 1.52. The highest BCUT2D eigenvalue weighted by Crippen LogP contribution is 2.33. The third-order valence-electron chi connectivity index (χ3n) is 2.78. The molecule has 0 radical (unpaired) electrons. The normalized spacial score (nSPS) is 11.0. The maximum absolute atomic E-state index is 12.6. The molecule has 128 valence electrons. The highest BCUT2D eigenvalue weighted by atomic mass is 32.1. The Kier molecular flexibility index (Phi) is 5.08. The standard InChI is InChI=1S/C16H18N2O5S/c1-16(2,3)23-15(21)18(10-6-5-7-11(8-10)22-4)14-17-9-12(24-14)13(19)20/h5-9H,1-4H3,(H,19,20). The maximum atomic E-state index is 12.6. The van der Waals surface area contributed by atoms with Crippen LogP contribution < -0.4 is 9.64 Å². The predicted octanol–water partition coefficient (Wildman–Crippen LogP) is 3.92. The first-order valence-electron chi connectivity index (χ1n) is 7.07. The number of aromatic nitrogens is 1. The number of rotatable bonds is 4. The molecule has 0 unspecified atom stereocenters. The Morgan fingerprint density at radius 1 is 1.29 bits per heavy atom. The minimum absolute atomic E-state index is 0.0291. The third kappa shape index (κ3) is 4.23. The second kappa shape index (κ2) is 6.88. The molecule has 0 aliphatic heterocycles. The zero-order valence-electron chi connectivity index (χ0n) is 13.8. The van der Waals surface area contributed by atoms with Crippen molar-refractivity contribution in [3.05, 3.63) is 35.3 Å². The third-order valence-corrected chi connectivity index (χ3v) is 3.75. The zero-order chi connectivity index (χ0) is 17.9. The van der Waals surface area contributed by atoms with Crippen LogP contribution in [0.3, 0.4) is 0 Å². The van der Waals surface area contributed by atoms with Crippen molar-refractivity contribution in [2.24, 2.45) is 0 Å². The van der Waals surface area contributed by atoms with Crippen LogP contribution in [0.2, 0.25) is 0 Å². The van der Waals surface area contributed by atoms with E-state index in [1.165, 1.54) is 18.2 Å². The molecule has 2 rings (SSSR count). The molecule has 8 heteroatoms. The number of aromatic carboxylic acids is 1. The molecule has 0 saturated carbocycles. The first-order chi connectivity index (χ1) is 11.2. The van der Waals surface area contributed by atoms with E-state index in [2.05, 4.69) is 4.98 Å². The molecule has 0 aliphatic rings. The number of hydrogen-bond donors (Lipinski definition) is 1. The summed E-state index contributed by atoms with van der Waals surface area (Å²) in [6, 6.07) is 6.79. The number of nitrogens with zero attached hydrogens (tertiary/aromatic N) is 2. The smallest absolute Gasteiger partial charge is 0.421 e. The molecule has 0 atom stereocenters. The largest absolute Gasteiger partial charge is 0.497 e. The first kappa shape index (κ1) is 17.7. The number of carboxylic acid groups (broad SMARTS) is 1. The van der Waals surface area contributed by atoms with Gasteiger partial charge in [0.1, 0.15) is 16.2 Å². The van der Waals surface area contributed by atoms with Gasteiger partial charge in [-0.05, 0) is 32.9 Å². The first-order valence-corrected chi connectivity index (χ1v) is 7.89. The van der Waals surface area contributed by atoms with E-state index in [1.807, 2.05) is 0 Å². The Balaban J connectivity index is 2.47. The molecule has 1 aromatic carbocycles. The van der Waals surface area contributed by atoms with Crippen LogP contribution in [0.25, 0.3) is 0 Å². The van der Waals surface area contributed by atoms with Crippen molar-refractivity contribution in [3.8, 4) is 5.75 Å². The number of methoxy groups -OCH3 is 1. The molecule has 7 nitrogen and oxygen atoms in total. The molecule has 0 aliphatic carbocycles. The highest BCUT2D eigenvalue weighted by molar-refractivity contribution is 7.17. The van der Waals surface area contributed by atoms with Crippen LogP contribution in [0.5, 0.6) is 5.75 Å². The Bertz CT molecular complexity index is 751. The van der Waals surface area contributed by atoms with Gasteiger partial charge in [0, 0.05) is 6.07 Å². The lowest BCUT2D eigenvalue weighted by Crippen LogP contribution is -2.33. The van der Waals surface area contributed by atoms with Gasteiger partial charge >= 0.3 is 12.1 Å². The molecular formula is C16H18N2O5S. The van der Waals surface area contributed by atoms with E-state index in [0.29, 0.717) is 11.4 Å². The Morgan fingerprint density at radius 2 is 2.00 bits per heavy atom. The lowest BCUT2D eigenvalue weighted by molar-refractivity contribution is 0.0598. The van der Waals surface area contributed by atoms with Crippen LogP contribution in [0.15, 0.2) is 30.5 Å². The molecule has 1 heterocycles. The van der Waals surface area contributed by atoms with Gasteiger partial charge in [-0.25, -0.2) is 19.5 Å². The van der Waals surface area contributed by atoms with E-state index in [9.17, 15) is 9.59 Å². The lowest BCUT2D eigenvalue weighted by atomic mass is 10.2. The van der Waals surface area contributed by atoms with E-state index in [-0.39, 0.29) is 10.0 Å². The van der Waals surface area contributed by atoms with Crippen LogP contribution in [0.4, 0.5) is 15.6 Å². The second-order valence-electron chi connectivity index (χ2n) is 5.83. The number of anilines is 2. The Labute approximate surface area is 143 Å². The van der Waals surface area contributed by atoms with Crippen LogP contribution in [-0.2, 0) is 4.74 Å². The second-order valence-corrected chi connectivity index (χ2v) is 6.84. The minimum Gasteiger partial charge on any atom is -0.497 e. The molecule has 1 aromatic heterocycles. The molecule has 2 aromatic rings. The monoisotopic (exact) mass is 350 g/mol. The molecule has 0 spiro atoms. The summed E-state index contributed by atoms with van der Waals surface area (Å²) in [4.78, 5) is 29.0. The van der Waals surface area contributed by atoms with E-state index in [0.717, 1.165) is 11.3 Å². The van der Waals surface area contributed by atoms with Crippen LogP contribution in [0.1, 0.15) is 30.4 Å². The molecule has 0 bridgehead atoms. The number of carboxylic acids is 1. The number of thiazole rings is 1. The molecule has 1 N–H and O–H groups in total. The number of hydrogen-bond acceptors (Lipinski definition) is 6. The van der Waals surface area contributed by atoms with Crippen LogP contribution >= 0.6 is 11.3 Å². The molecular weight excluding hydrogens is 332 g/mol. The summed E-state index contributed by atoms with van der Waals surface area (Å²) in [5.74, 6) is -0.551. The SMILES string of the molecule is COc1cccc(N(C(=O)OC(C)(C)C)c2ncc(C(=O)O)s2)c1. The summed E-state index contributed by atoms with van der Waals surface area (Å²) in [6.07, 6.45) is 0.557. The van der Waals surface area contributed by atoms with Crippen molar-refractivity contribution in [1.29, 1.82) is 0 Å². The lowest BCUT2D eigenvalue weighted by Gasteiger charge is -2.26. The zero-order valence-corrected chi connectivity index (χ0v) is 14.6. The van der Waals surface area contributed by atoms with Crippen molar-refractivity contribution in [2.45, 2.75) is 26.4 Å². The van der Waals surface area contributed by atoms with E-state index in [4.69, 9.17) is 14.6 Å². The topological polar surface area (TPSA) is 89.0 Å². The number of benzene rings is 1. The van der Waals surface area contributed by atoms with Crippen molar-refractivity contribution < 1.29 is 24.2 Å². The molecule has 1 amide bonds. The summed E-state index contributed by atoms with van der Waals surface area (Å²) in [5.41, 5.74) is -0.240. The van der Waals surface area contributed by atoms with Gasteiger partial charge in [-0.1, -0.05) is 17.4 Å². The van der Waals surface area contributed by atoms with Gasteiger partial charge in [0.15, 0.2) is 5.13 Å². The van der Waals surface area contributed by atoms with Crippen molar-refractivity contribution >= 4 is 34.2 Å². The Morgan fingerprint density at radius 3 is 2.54 bits per heavy atom. The predicted molar refractivity (Wildman–Crippen MR) is 90.4 cm³/mol. The van der Waals surface area contributed by atoms with Crippen molar-refractivity contribution in [3.63, 3.8) is 0 Å². The minimum atomic E-state index is -1.10. The van der Waals surface area contributed by atoms with Gasteiger partial charge in [0.05, 0.1) is 19.0 Å². The van der Waals surface area contributed by atoms with Crippen LogP contribution in [-0.4, -0.2) is 34.9 Å². The Hall–Kier alpha value is -2.61. The van der Waals surface area contributed by atoms with Crippen molar-refractivity contribution in [1.82, 2.24) is 4.98 Å². The van der Waals surface area contributed by atoms with Gasteiger partial charge in [0.2, 0.25) is 0 Å².